The number of fused-ring (bicyclic) bond motifs is 1. The minimum absolute atomic E-state index is 0.431. The zero-order valence-corrected chi connectivity index (χ0v) is 10.3. The van der Waals surface area contributed by atoms with Crippen molar-refractivity contribution in [2.75, 3.05) is 0 Å². The van der Waals surface area contributed by atoms with Gasteiger partial charge in [0.25, 0.3) is 0 Å². The molecule has 0 saturated carbocycles. The van der Waals surface area contributed by atoms with Crippen molar-refractivity contribution in [3.63, 3.8) is 0 Å². The number of aryl methyl sites for hydroxylation is 1. The number of aromatic amines is 1. The Bertz CT molecular complexity index is 454. The summed E-state index contributed by atoms with van der Waals surface area (Å²) in [6, 6.07) is 0.431. The van der Waals surface area contributed by atoms with E-state index in [0.717, 1.165) is 36.3 Å². The number of hydrogen-bond donors (Lipinski definition) is 1. The van der Waals surface area contributed by atoms with Crippen LogP contribution in [0.3, 0.4) is 0 Å². The summed E-state index contributed by atoms with van der Waals surface area (Å²) < 4.78 is 2.04. The third-order valence-electron chi connectivity index (χ3n) is 2.90. The van der Waals surface area contributed by atoms with Crippen LogP contribution in [-0.2, 0) is 6.42 Å². The second-order valence-electron chi connectivity index (χ2n) is 4.40. The first-order valence-corrected chi connectivity index (χ1v) is 6.18. The maximum Gasteiger partial charge on any atom is 0.176 e. The van der Waals surface area contributed by atoms with Crippen molar-refractivity contribution >= 4 is 11.2 Å². The van der Waals surface area contributed by atoms with Crippen molar-refractivity contribution in [1.82, 2.24) is 19.7 Å². The first-order valence-electron chi connectivity index (χ1n) is 6.18. The molecule has 0 aliphatic rings. The van der Waals surface area contributed by atoms with Gasteiger partial charge in [0, 0.05) is 6.42 Å². The first-order chi connectivity index (χ1) is 7.76. The average molecular weight is 220 g/mol. The SMILES string of the molecule is CCCc1nc2c(cnn2[C@@H](C)CCC)[nH]1. The maximum absolute atomic E-state index is 4.61. The molecule has 0 aliphatic carbocycles. The van der Waals surface area contributed by atoms with E-state index in [0.29, 0.717) is 6.04 Å². The lowest BCUT2D eigenvalue weighted by molar-refractivity contribution is 0.465. The molecule has 16 heavy (non-hydrogen) atoms. The molecule has 1 atom stereocenters. The van der Waals surface area contributed by atoms with E-state index >= 15 is 0 Å². The Labute approximate surface area is 96.1 Å². The Morgan fingerprint density at radius 1 is 1.38 bits per heavy atom. The largest absolute Gasteiger partial charge is 0.339 e. The summed E-state index contributed by atoms with van der Waals surface area (Å²) >= 11 is 0. The van der Waals surface area contributed by atoms with Gasteiger partial charge in [-0.25, -0.2) is 9.67 Å². The van der Waals surface area contributed by atoms with E-state index in [1.165, 1.54) is 6.42 Å². The molecule has 0 aromatic carbocycles. The summed E-state index contributed by atoms with van der Waals surface area (Å²) in [7, 11) is 0. The van der Waals surface area contributed by atoms with E-state index < -0.39 is 0 Å². The molecule has 0 saturated heterocycles. The lowest BCUT2D eigenvalue weighted by Gasteiger charge is -2.10. The Kier molecular flexibility index (Phi) is 3.27. The molecule has 0 unspecified atom stereocenters. The second-order valence-corrected chi connectivity index (χ2v) is 4.40. The van der Waals surface area contributed by atoms with Gasteiger partial charge in [-0.05, 0) is 19.8 Å². The summed E-state index contributed by atoms with van der Waals surface area (Å²) in [5.74, 6) is 1.08. The predicted octanol–water partition coefficient (Wildman–Crippen LogP) is 3.07. The first kappa shape index (κ1) is 11.2. The van der Waals surface area contributed by atoms with E-state index in [-0.39, 0.29) is 0 Å². The number of rotatable bonds is 5. The smallest absolute Gasteiger partial charge is 0.176 e. The Balaban J connectivity index is 2.31. The van der Waals surface area contributed by atoms with Crippen LogP contribution in [0.4, 0.5) is 0 Å². The molecule has 2 aromatic rings. The molecule has 0 fully saturated rings. The van der Waals surface area contributed by atoms with Crippen molar-refractivity contribution in [1.29, 1.82) is 0 Å². The second kappa shape index (κ2) is 4.68. The maximum atomic E-state index is 4.61. The quantitative estimate of drug-likeness (QED) is 0.841. The fourth-order valence-electron chi connectivity index (χ4n) is 2.08. The number of nitrogens with one attached hydrogen (secondary N) is 1. The van der Waals surface area contributed by atoms with Crippen LogP contribution in [0.1, 0.15) is 51.9 Å². The molecule has 88 valence electrons. The highest BCUT2D eigenvalue weighted by molar-refractivity contribution is 5.70. The van der Waals surface area contributed by atoms with Crippen LogP contribution in [0.5, 0.6) is 0 Å². The normalized spacial score (nSPS) is 13.4. The van der Waals surface area contributed by atoms with Gasteiger partial charge >= 0.3 is 0 Å². The molecule has 4 heteroatoms. The van der Waals surface area contributed by atoms with E-state index in [4.69, 9.17) is 0 Å². The van der Waals surface area contributed by atoms with Crippen molar-refractivity contribution in [3.05, 3.63) is 12.0 Å². The number of nitrogens with zero attached hydrogens (tertiary/aromatic N) is 3. The summed E-state index contributed by atoms with van der Waals surface area (Å²) in [6.45, 7) is 6.56. The van der Waals surface area contributed by atoms with E-state index in [1.807, 2.05) is 10.9 Å². The molecular formula is C12H20N4. The predicted molar refractivity (Wildman–Crippen MR) is 65.5 cm³/mol. The van der Waals surface area contributed by atoms with Gasteiger partial charge in [0.1, 0.15) is 11.3 Å². The van der Waals surface area contributed by atoms with Gasteiger partial charge in [-0.15, -0.1) is 0 Å². The van der Waals surface area contributed by atoms with E-state index in [1.54, 1.807) is 0 Å². The van der Waals surface area contributed by atoms with Crippen molar-refractivity contribution in [2.24, 2.45) is 0 Å². The van der Waals surface area contributed by atoms with E-state index in [9.17, 15) is 0 Å². The fourth-order valence-corrected chi connectivity index (χ4v) is 2.08. The number of hydrogen-bond acceptors (Lipinski definition) is 2. The minimum atomic E-state index is 0.431. The van der Waals surface area contributed by atoms with Crippen LogP contribution in [0.2, 0.25) is 0 Å². The molecule has 0 amide bonds. The lowest BCUT2D eigenvalue weighted by atomic mass is 10.2. The zero-order chi connectivity index (χ0) is 11.5. The van der Waals surface area contributed by atoms with Crippen LogP contribution >= 0.6 is 0 Å². The van der Waals surface area contributed by atoms with Gasteiger partial charge in [-0.2, -0.15) is 5.10 Å². The topological polar surface area (TPSA) is 46.5 Å². The van der Waals surface area contributed by atoms with Gasteiger partial charge in [0.05, 0.1) is 12.2 Å². The Morgan fingerprint density at radius 3 is 2.88 bits per heavy atom. The molecule has 0 radical (unpaired) electrons. The molecule has 4 nitrogen and oxygen atoms in total. The molecule has 2 heterocycles. The standard InChI is InChI=1S/C12H20N4/c1-4-6-9(3)16-12-10(8-13-16)14-11(15-12)7-5-2/h8-9H,4-7H2,1-3H3,(H,14,15)/t9-/m0/s1. The van der Waals surface area contributed by atoms with Crippen LogP contribution in [0.15, 0.2) is 6.20 Å². The molecule has 0 spiro atoms. The summed E-state index contributed by atoms with van der Waals surface area (Å²) in [4.78, 5) is 7.93. The van der Waals surface area contributed by atoms with Crippen LogP contribution in [-0.4, -0.2) is 19.7 Å². The van der Waals surface area contributed by atoms with Crippen LogP contribution in [0.25, 0.3) is 11.2 Å². The number of aromatic nitrogens is 4. The Morgan fingerprint density at radius 2 is 2.19 bits per heavy atom. The van der Waals surface area contributed by atoms with Gasteiger partial charge < -0.3 is 4.98 Å². The van der Waals surface area contributed by atoms with Crippen LogP contribution in [0, 0.1) is 0 Å². The third kappa shape index (κ3) is 1.96. The summed E-state index contributed by atoms with van der Waals surface area (Å²) in [5.41, 5.74) is 2.07. The molecular weight excluding hydrogens is 200 g/mol. The zero-order valence-electron chi connectivity index (χ0n) is 10.3. The highest BCUT2D eigenvalue weighted by Gasteiger charge is 2.12. The molecule has 2 aromatic heterocycles. The molecule has 1 N–H and O–H groups in total. The van der Waals surface area contributed by atoms with Crippen molar-refractivity contribution < 1.29 is 0 Å². The summed E-state index contributed by atoms with van der Waals surface area (Å²) in [6.07, 6.45) is 6.33. The fraction of sp³-hybridized carbons (Fsp3) is 0.667. The minimum Gasteiger partial charge on any atom is -0.339 e. The van der Waals surface area contributed by atoms with Gasteiger partial charge in [-0.1, -0.05) is 20.3 Å². The number of H-pyrrole nitrogens is 1. The highest BCUT2D eigenvalue weighted by atomic mass is 15.3. The van der Waals surface area contributed by atoms with Crippen LogP contribution < -0.4 is 0 Å². The molecule has 2 rings (SSSR count). The Hall–Kier alpha value is -1.32. The van der Waals surface area contributed by atoms with Crippen molar-refractivity contribution in [3.8, 4) is 0 Å². The van der Waals surface area contributed by atoms with Gasteiger partial charge in [0.15, 0.2) is 5.65 Å². The number of imidazole rings is 1. The summed E-state index contributed by atoms with van der Waals surface area (Å²) in [5, 5.41) is 4.40. The highest BCUT2D eigenvalue weighted by Crippen LogP contribution is 2.19. The van der Waals surface area contributed by atoms with Crippen molar-refractivity contribution in [2.45, 2.75) is 52.5 Å². The third-order valence-corrected chi connectivity index (χ3v) is 2.90. The monoisotopic (exact) mass is 220 g/mol. The molecule has 0 aliphatic heterocycles. The van der Waals surface area contributed by atoms with E-state index in [2.05, 4.69) is 35.8 Å². The van der Waals surface area contributed by atoms with Gasteiger partial charge in [0.2, 0.25) is 0 Å². The average Bonchev–Trinajstić information content (AvgIpc) is 2.77. The molecule has 0 bridgehead atoms. The lowest BCUT2D eigenvalue weighted by Crippen LogP contribution is -2.06. The van der Waals surface area contributed by atoms with Gasteiger partial charge in [-0.3, -0.25) is 0 Å².